The van der Waals surface area contributed by atoms with E-state index >= 15 is 0 Å². The van der Waals surface area contributed by atoms with E-state index in [1.54, 1.807) is 4.68 Å². The third-order valence-corrected chi connectivity index (χ3v) is 7.51. The molecule has 3 heterocycles. The van der Waals surface area contributed by atoms with Crippen LogP contribution in [0.1, 0.15) is 42.6 Å². The molecule has 0 amide bonds. The Bertz CT molecular complexity index is 613. The van der Waals surface area contributed by atoms with Crippen LogP contribution in [0.3, 0.4) is 0 Å². The monoisotopic (exact) mass is 284 g/mol. The summed E-state index contributed by atoms with van der Waals surface area (Å²) in [6, 6.07) is 0. The number of aliphatic hydroxyl groups is 1. The fourth-order valence-corrected chi connectivity index (χ4v) is 6.39. The molecule has 5 nitrogen and oxygen atoms in total. The van der Waals surface area contributed by atoms with Gasteiger partial charge in [-0.3, -0.25) is 4.68 Å². The Kier molecular flexibility index (Phi) is 2.64. The minimum absolute atomic E-state index is 0.319. The summed E-state index contributed by atoms with van der Waals surface area (Å²) in [4.78, 5) is 0. The van der Waals surface area contributed by atoms with Crippen molar-refractivity contribution in [3.63, 3.8) is 0 Å². The average molecular weight is 284 g/mol. The zero-order valence-electron chi connectivity index (χ0n) is 11.5. The molecule has 3 rings (SSSR count). The number of nitrogens with zero attached hydrogens (tertiary/aromatic N) is 2. The summed E-state index contributed by atoms with van der Waals surface area (Å²) in [6.07, 6.45) is 2.01. The van der Waals surface area contributed by atoms with Crippen molar-refractivity contribution in [2.24, 2.45) is 7.05 Å². The van der Waals surface area contributed by atoms with Gasteiger partial charge in [-0.1, -0.05) is 0 Å². The number of hydrogen-bond acceptors (Lipinski definition) is 4. The van der Waals surface area contributed by atoms with Crippen LogP contribution >= 0.6 is 0 Å². The number of rotatable bonds is 1. The summed E-state index contributed by atoms with van der Waals surface area (Å²) in [5, 5.41) is 14.6. The van der Waals surface area contributed by atoms with Crippen molar-refractivity contribution in [3.05, 3.63) is 17.0 Å². The van der Waals surface area contributed by atoms with Crippen LogP contribution in [-0.4, -0.2) is 33.8 Å². The van der Waals surface area contributed by atoms with Crippen LogP contribution in [0.25, 0.3) is 0 Å². The maximum Gasteiger partial charge on any atom is 0.156 e. The molecule has 2 aliphatic heterocycles. The van der Waals surface area contributed by atoms with Crippen LogP contribution in [0, 0.1) is 13.8 Å². The van der Waals surface area contributed by atoms with Crippen LogP contribution in [0.4, 0.5) is 0 Å². The molecule has 106 valence electrons. The first-order valence-corrected chi connectivity index (χ1v) is 8.32. The average Bonchev–Trinajstić information content (AvgIpc) is 2.63. The highest BCUT2D eigenvalue weighted by Gasteiger charge is 2.54. The van der Waals surface area contributed by atoms with Gasteiger partial charge < -0.3 is 5.11 Å². The molecule has 2 bridgehead atoms. The minimum Gasteiger partial charge on any atom is -0.385 e. The van der Waals surface area contributed by atoms with Crippen molar-refractivity contribution >= 4 is 9.84 Å². The van der Waals surface area contributed by atoms with E-state index in [2.05, 4.69) is 5.10 Å². The van der Waals surface area contributed by atoms with E-state index in [4.69, 9.17) is 0 Å². The molecular formula is C13H20N2O3S. The molecule has 0 aromatic carbocycles. The fraction of sp³-hybridized carbons (Fsp3) is 0.769. The molecule has 2 aliphatic rings. The predicted molar refractivity (Wildman–Crippen MR) is 71.5 cm³/mol. The van der Waals surface area contributed by atoms with Gasteiger partial charge in [0, 0.05) is 18.3 Å². The Hall–Kier alpha value is -0.880. The van der Waals surface area contributed by atoms with E-state index in [0.29, 0.717) is 25.7 Å². The Morgan fingerprint density at radius 2 is 1.79 bits per heavy atom. The van der Waals surface area contributed by atoms with E-state index in [1.165, 1.54) is 0 Å². The zero-order valence-corrected chi connectivity index (χ0v) is 12.4. The molecule has 1 N–H and O–H groups in total. The molecule has 1 aromatic rings. The summed E-state index contributed by atoms with van der Waals surface area (Å²) in [5.74, 6) is 0. The molecule has 2 fully saturated rings. The van der Waals surface area contributed by atoms with Gasteiger partial charge in [-0.05, 0) is 39.5 Å². The van der Waals surface area contributed by atoms with E-state index in [-0.39, 0.29) is 10.5 Å². The quantitative estimate of drug-likeness (QED) is 0.834. The molecule has 0 saturated carbocycles. The Morgan fingerprint density at radius 1 is 1.26 bits per heavy atom. The Balaban J connectivity index is 2.07. The molecule has 0 radical (unpaired) electrons. The predicted octanol–water partition coefficient (Wildman–Crippen LogP) is 0.964. The molecule has 19 heavy (non-hydrogen) atoms. The third kappa shape index (κ3) is 1.69. The van der Waals surface area contributed by atoms with Crippen molar-refractivity contribution in [3.8, 4) is 0 Å². The second-order valence-corrected chi connectivity index (χ2v) is 8.53. The Labute approximate surface area is 113 Å². The molecule has 2 saturated heterocycles. The first-order chi connectivity index (χ1) is 8.75. The maximum atomic E-state index is 12.1. The van der Waals surface area contributed by atoms with Crippen molar-refractivity contribution in [2.45, 2.75) is 55.6 Å². The van der Waals surface area contributed by atoms with Crippen LogP contribution in [0.5, 0.6) is 0 Å². The summed E-state index contributed by atoms with van der Waals surface area (Å²) in [5.41, 5.74) is 1.54. The van der Waals surface area contributed by atoms with Crippen molar-refractivity contribution in [1.29, 1.82) is 0 Å². The van der Waals surface area contributed by atoms with Gasteiger partial charge in [0.25, 0.3) is 0 Å². The lowest BCUT2D eigenvalue weighted by Gasteiger charge is -2.36. The lowest BCUT2D eigenvalue weighted by Crippen LogP contribution is -2.43. The van der Waals surface area contributed by atoms with Crippen LogP contribution in [0.2, 0.25) is 0 Å². The van der Waals surface area contributed by atoms with Gasteiger partial charge in [0.1, 0.15) is 0 Å². The molecule has 0 spiro atoms. The summed E-state index contributed by atoms with van der Waals surface area (Å²) < 4.78 is 26.0. The number of aryl methyl sites for hydroxylation is 2. The molecule has 6 heteroatoms. The van der Waals surface area contributed by atoms with Crippen molar-refractivity contribution < 1.29 is 13.5 Å². The highest BCUT2D eigenvalue weighted by Crippen LogP contribution is 2.48. The van der Waals surface area contributed by atoms with Gasteiger partial charge in [-0.15, -0.1) is 0 Å². The lowest BCUT2D eigenvalue weighted by molar-refractivity contribution is 0.0160. The normalized spacial score (nSPS) is 36.6. The third-order valence-electron chi connectivity index (χ3n) is 4.84. The van der Waals surface area contributed by atoms with Gasteiger partial charge in [0.15, 0.2) is 9.84 Å². The fourth-order valence-electron chi connectivity index (χ4n) is 3.90. The number of sulfone groups is 1. The van der Waals surface area contributed by atoms with Crippen LogP contribution in [0.15, 0.2) is 0 Å². The van der Waals surface area contributed by atoms with Crippen molar-refractivity contribution in [1.82, 2.24) is 9.78 Å². The van der Waals surface area contributed by atoms with E-state index in [0.717, 1.165) is 17.0 Å². The lowest BCUT2D eigenvalue weighted by atomic mass is 9.84. The first-order valence-electron chi connectivity index (χ1n) is 6.71. The first kappa shape index (κ1) is 13.1. The number of hydrogen-bond donors (Lipinski definition) is 1. The smallest absolute Gasteiger partial charge is 0.156 e. The zero-order chi connectivity index (χ0) is 14.0. The van der Waals surface area contributed by atoms with Gasteiger partial charge in [0.05, 0.1) is 21.8 Å². The molecule has 2 atom stereocenters. The highest BCUT2D eigenvalue weighted by atomic mass is 32.2. The van der Waals surface area contributed by atoms with Gasteiger partial charge >= 0.3 is 0 Å². The largest absolute Gasteiger partial charge is 0.385 e. The molecular weight excluding hydrogens is 264 g/mol. The topological polar surface area (TPSA) is 72.2 Å². The van der Waals surface area contributed by atoms with Gasteiger partial charge in [-0.2, -0.15) is 5.10 Å². The Morgan fingerprint density at radius 3 is 2.21 bits per heavy atom. The van der Waals surface area contributed by atoms with Gasteiger partial charge in [0.2, 0.25) is 0 Å². The summed E-state index contributed by atoms with van der Waals surface area (Å²) in [6.45, 7) is 3.81. The second kappa shape index (κ2) is 3.82. The van der Waals surface area contributed by atoms with E-state index in [1.807, 2.05) is 20.9 Å². The number of fused-ring (bicyclic) bond motifs is 2. The van der Waals surface area contributed by atoms with E-state index in [9.17, 15) is 13.5 Å². The molecule has 2 unspecified atom stereocenters. The standard InChI is InChI=1S/C13H20N2O3S/c1-8-12(9(2)15(3)14-8)13(16)6-10-4-5-11(7-13)19(10,17)18/h10-11,16H,4-7H2,1-3H3. The minimum atomic E-state index is -3.01. The molecule has 1 aromatic heterocycles. The number of aromatic nitrogens is 2. The van der Waals surface area contributed by atoms with Crippen LogP contribution < -0.4 is 0 Å². The summed E-state index contributed by atoms with van der Waals surface area (Å²) >= 11 is 0. The van der Waals surface area contributed by atoms with Crippen molar-refractivity contribution in [2.75, 3.05) is 0 Å². The van der Waals surface area contributed by atoms with E-state index < -0.39 is 15.4 Å². The molecule has 0 aliphatic carbocycles. The maximum absolute atomic E-state index is 12.1. The van der Waals surface area contributed by atoms with Gasteiger partial charge in [-0.25, -0.2) is 8.42 Å². The second-order valence-electron chi connectivity index (χ2n) is 6.02. The highest BCUT2D eigenvalue weighted by molar-refractivity contribution is 7.93. The SMILES string of the molecule is Cc1nn(C)c(C)c1C1(O)CC2CCC(C1)S2(=O)=O. The van der Waals surface area contributed by atoms with Crippen LogP contribution in [-0.2, 0) is 22.5 Å². The summed E-state index contributed by atoms with van der Waals surface area (Å²) in [7, 11) is -1.16.